The van der Waals surface area contributed by atoms with Crippen LogP contribution >= 0.6 is 0 Å². The lowest BCUT2D eigenvalue weighted by molar-refractivity contribution is -0.295. The van der Waals surface area contributed by atoms with Crippen LogP contribution in [0.1, 0.15) is 40.0 Å². The maximum absolute atomic E-state index is 11.8. The van der Waals surface area contributed by atoms with E-state index in [0.717, 1.165) is 0 Å². The number of hydrogen-bond acceptors (Lipinski definition) is 11. The quantitative estimate of drug-likeness (QED) is 0.337. The van der Waals surface area contributed by atoms with E-state index < -0.39 is 65.5 Å². The summed E-state index contributed by atoms with van der Waals surface area (Å²) in [6, 6.07) is 0. The van der Waals surface area contributed by atoms with Crippen LogP contribution in [0.15, 0.2) is 0 Å². The highest BCUT2D eigenvalue weighted by atomic mass is 32.2. The SMILES string of the molecule is CCC(=O)OC1C(O)OC(COS(N)(=O)=O)C(OC(=O)CC)C1OC(=O)CC. The Kier molecular flexibility index (Phi) is 9.23. The first-order valence-electron chi connectivity index (χ1n) is 8.61. The van der Waals surface area contributed by atoms with Crippen molar-refractivity contribution >= 4 is 28.2 Å². The first-order valence-corrected chi connectivity index (χ1v) is 10.1. The molecule has 0 aromatic carbocycles. The predicted molar refractivity (Wildman–Crippen MR) is 90.5 cm³/mol. The van der Waals surface area contributed by atoms with Gasteiger partial charge in [-0.2, -0.15) is 8.42 Å². The lowest BCUT2D eigenvalue weighted by Crippen LogP contribution is -2.62. The van der Waals surface area contributed by atoms with Gasteiger partial charge >= 0.3 is 28.2 Å². The average molecular weight is 427 g/mol. The van der Waals surface area contributed by atoms with Crippen molar-refractivity contribution in [3.05, 3.63) is 0 Å². The second-order valence-corrected chi connectivity index (χ2v) is 6.99. The Balaban J connectivity index is 3.23. The van der Waals surface area contributed by atoms with Crippen LogP contribution in [0.5, 0.6) is 0 Å². The molecule has 3 N–H and O–H groups in total. The highest BCUT2D eigenvalue weighted by Crippen LogP contribution is 2.28. The van der Waals surface area contributed by atoms with Crippen molar-refractivity contribution in [2.75, 3.05) is 6.61 Å². The zero-order valence-corrected chi connectivity index (χ0v) is 16.5. The molecular weight excluding hydrogens is 402 g/mol. The Morgan fingerprint density at radius 2 is 1.32 bits per heavy atom. The smallest absolute Gasteiger partial charge is 0.333 e. The molecule has 0 aliphatic carbocycles. The maximum Gasteiger partial charge on any atom is 0.333 e. The van der Waals surface area contributed by atoms with Crippen LogP contribution in [0.4, 0.5) is 0 Å². The Hall–Kier alpha value is -1.80. The second kappa shape index (κ2) is 10.7. The van der Waals surface area contributed by atoms with E-state index in [1.807, 2.05) is 0 Å². The first kappa shape index (κ1) is 24.2. The van der Waals surface area contributed by atoms with Gasteiger partial charge in [0.25, 0.3) is 0 Å². The number of carbonyl (C=O) groups is 3. The van der Waals surface area contributed by atoms with Crippen LogP contribution in [-0.4, -0.2) is 68.7 Å². The molecule has 1 fully saturated rings. The minimum Gasteiger partial charge on any atom is -0.455 e. The van der Waals surface area contributed by atoms with E-state index in [1.165, 1.54) is 20.8 Å². The van der Waals surface area contributed by atoms with Crippen LogP contribution in [-0.2, 0) is 47.8 Å². The molecule has 0 amide bonds. The second-order valence-electron chi connectivity index (χ2n) is 5.77. The molecule has 1 rings (SSSR count). The van der Waals surface area contributed by atoms with E-state index in [2.05, 4.69) is 4.18 Å². The van der Waals surface area contributed by atoms with Gasteiger partial charge in [-0.05, 0) is 0 Å². The van der Waals surface area contributed by atoms with Gasteiger partial charge in [0, 0.05) is 19.3 Å². The number of nitrogens with two attached hydrogens (primary N) is 1. The molecule has 1 saturated heterocycles. The third-order valence-corrected chi connectivity index (χ3v) is 4.14. The third kappa shape index (κ3) is 7.31. The predicted octanol–water partition coefficient (Wildman–Crippen LogP) is -1.11. The summed E-state index contributed by atoms with van der Waals surface area (Å²) in [5.41, 5.74) is 0. The summed E-state index contributed by atoms with van der Waals surface area (Å²) in [5.74, 6) is -2.20. The zero-order valence-electron chi connectivity index (χ0n) is 15.7. The fourth-order valence-corrected chi connectivity index (χ4v) is 2.62. The van der Waals surface area contributed by atoms with Crippen LogP contribution < -0.4 is 5.14 Å². The van der Waals surface area contributed by atoms with Gasteiger partial charge in [-0.1, -0.05) is 20.8 Å². The topological polar surface area (TPSA) is 178 Å². The minimum atomic E-state index is -4.38. The third-order valence-electron chi connectivity index (χ3n) is 3.67. The highest BCUT2D eigenvalue weighted by molar-refractivity contribution is 7.84. The van der Waals surface area contributed by atoms with Gasteiger partial charge < -0.3 is 24.1 Å². The molecule has 0 radical (unpaired) electrons. The molecule has 12 nitrogen and oxygen atoms in total. The Morgan fingerprint density at radius 3 is 1.75 bits per heavy atom. The van der Waals surface area contributed by atoms with E-state index >= 15 is 0 Å². The van der Waals surface area contributed by atoms with Gasteiger partial charge in [0.1, 0.15) is 6.10 Å². The Labute approximate surface area is 162 Å². The van der Waals surface area contributed by atoms with Gasteiger partial charge in [0.05, 0.1) is 6.61 Å². The summed E-state index contributed by atoms with van der Waals surface area (Å²) in [7, 11) is -4.38. The lowest BCUT2D eigenvalue weighted by Gasteiger charge is -2.42. The molecule has 0 aromatic heterocycles. The van der Waals surface area contributed by atoms with E-state index in [9.17, 15) is 27.9 Å². The average Bonchev–Trinajstić information content (AvgIpc) is 2.63. The number of ether oxygens (including phenoxy) is 4. The van der Waals surface area contributed by atoms with Crippen LogP contribution in [0.3, 0.4) is 0 Å². The molecule has 5 unspecified atom stereocenters. The highest BCUT2D eigenvalue weighted by Gasteiger charge is 2.52. The van der Waals surface area contributed by atoms with Gasteiger partial charge in [-0.15, -0.1) is 0 Å². The van der Waals surface area contributed by atoms with Gasteiger partial charge in [0.2, 0.25) is 0 Å². The molecular formula is C15H25NO11S. The number of aliphatic hydroxyl groups is 1. The molecule has 1 aliphatic rings. The summed E-state index contributed by atoms with van der Waals surface area (Å²) in [6.45, 7) is 3.76. The maximum atomic E-state index is 11.8. The molecule has 162 valence electrons. The molecule has 13 heteroatoms. The zero-order chi connectivity index (χ0) is 21.5. The van der Waals surface area contributed by atoms with Crippen molar-refractivity contribution in [3.8, 4) is 0 Å². The Bertz CT molecular complexity index is 665. The van der Waals surface area contributed by atoms with Crippen molar-refractivity contribution in [1.29, 1.82) is 0 Å². The molecule has 28 heavy (non-hydrogen) atoms. The van der Waals surface area contributed by atoms with Gasteiger partial charge in [-0.25, -0.2) is 5.14 Å². The van der Waals surface area contributed by atoms with Crippen LogP contribution in [0.2, 0.25) is 0 Å². The molecule has 5 atom stereocenters. The number of aliphatic hydroxyl groups excluding tert-OH is 1. The van der Waals surface area contributed by atoms with Crippen molar-refractivity contribution < 1.29 is 51.0 Å². The fourth-order valence-electron chi connectivity index (χ4n) is 2.30. The summed E-state index contributed by atoms with van der Waals surface area (Å²) in [6.07, 6.45) is -7.76. The van der Waals surface area contributed by atoms with E-state index in [1.54, 1.807) is 0 Å². The van der Waals surface area contributed by atoms with Crippen molar-refractivity contribution in [3.63, 3.8) is 0 Å². The lowest BCUT2D eigenvalue weighted by atomic mass is 9.98. The van der Waals surface area contributed by atoms with E-state index in [4.69, 9.17) is 24.1 Å². The van der Waals surface area contributed by atoms with Crippen molar-refractivity contribution in [2.45, 2.75) is 70.7 Å². The number of hydrogen-bond donors (Lipinski definition) is 2. The molecule has 1 aliphatic heterocycles. The Morgan fingerprint density at radius 1 is 0.893 bits per heavy atom. The van der Waals surface area contributed by atoms with E-state index in [-0.39, 0.29) is 19.3 Å². The van der Waals surface area contributed by atoms with Gasteiger partial charge in [-0.3, -0.25) is 18.6 Å². The number of carbonyl (C=O) groups excluding carboxylic acids is 3. The van der Waals surface area contributed by atoms with E-state index in [0.29, 0.717) is 0 Å². The number of esters is 3. The first-order chi connectivity index (χ1) is 13.0. The number of rotatable bonds is 9. The standard InChI is InChI=1S/C15H25NO11S/c1-4-9(17)25-12-8(7-23-28(16,21)22)24-15(20)14(27-11(19)6-3)13(12)26-10(18)5-2/h8,12-15,20H,4-7H2,1-3H3,(H2,16,21,22). The largest absolute Gasteiger partial charge is 0.455 e. The molecule has 0 aromatic rings. The molecule has 0 spiro atoms. The monoisotopic (exact) mass is 427 g/mol. The normalized spacial score (nSPS) is 27.7. The summed E-state index contributed by atoms with van der Waals surface area (Å²) >= 11 is 0. The van der Waals surface area contributed by atoms with Crippen molar-refractivity contribution in [2.24, 2.45) is 5.14 Å². The summed E-state index contributed by atoms with van der Waals surface area (Å²) < 4.78 is 47.3. The minimum absolute atomic E-state index is 0.0466. The summed E-state index contributed by atoms with van der Waals surface area (Å²) in [5, 5.41) is 15.0. The van der Waals surface area contributed by atoms with Crippen LogP contribution in [0, 0.1) is 0 Å². The van der Waals surface area contributed by atoms with Crippen molar-refractivity contribution in [1.82, 2.24) is 0 Å². The molecule has 0 bridgehead atoms. The molecule has 0 saturated carbocycles. The van der Waals surface area contributed by atoms with Gasteiger partial charge in [0.15, 0.2) is 24.6 Å². The van der Waals surface area contributed by atoms with Crippen LogP contribution in [0.25, 0.3) is 0 Å². The molecule has 1 heterocycles. The fraction of sp³-hybridized carbons (Fsp3) is 0.800. The summed E-state index contributed by atoms with van der Waals surface area (Å²) in [4.78, 5) is 35.4.